The van der Waals surface area contributed by atoms with Crippen LogP contribution in [0.25, 0.3) is 0 Å². The van der Waals surface area contributed by atoms with E-state index < -0.39 is 10.0 Å². The van der Waals surface area contributed by atoms with Gasteiger partial charge in [0.15, 0.2) is 0 Å². The van der Waals surface area contributed by atoms with E-state index in [-0.39, 0.29) is 17.2 Å². The SMILES string of the molecule is COc1ccc(S(=O)(=O)N2CCCCC2)cc1CCC(=O)Nc1ccc(C)c(Cl)c1. The van der Waals surface area contributed by atoms with Crippen molar-refractivity contribution in [3.8, 4) is 5.75 Å². The molecule has 0 aliphatic carbocycles. The molecule has 2 aromatic carbocycles. The molecule has 0 radical (unpaired) electrons. The van der Waals surface area contributed by atoms with Gasteiger partial charge >= 0.3 is 0 Å². The van der Waals surface area contributed by atoms with Crippen molar-refractivity contribution in [1.82, 2.24) is 4.31 Å². The van der Waals surface area contributed by atoms with Gasteiger partial charge in [-0.25, -0.2) is 8.42 Å². The van der Waals surface area contributed by atoms with Gasteiger partial charge in [-0.05, 0) is 67.6 Å². The van der Waals surface area contributed by atoms with Gasteiger partial charge < -0.3 is 10.1 Å². The van der Waals surface area contributed by atoms with Gasteiger partial charge in [0, 0.05) is 30.2 Å². The Kier molecular flexibility index (Phi) is 7.39. The van der Waals surface area contributed by atoms with Crippen LogP contribution in [0.2, 0.25) is 5.02 Å². The van der Waals surface area contributed by atoms with Gasteiger partial charge in [-0.3, -0.25) is 4.79 Å². The molecule has 6 nitrogen and oxygen atoms in total. The van der Waals surface area contributed by atoms with Crippen LogP contribution in [0.5, 0.6) is 5.75 Å². The number of anilines is 1. The number of carbonyl (C=O) groups excluding carboxylic acids is 1. The number of piperidine rings is 1. The summed E-state index contributed by atoms with van der Waals surface area (Å²) in [6.45, 7) is 2.99. The lowest BCUT2D eigenvalue weighted by atomic mass is 10.1. The number of halogens is 1. The summed E-state index contributed by atoms with van der Waals surface area (Å²) in [5.74, 6) is 0.389. The first-order valence-corrected chi connectivity index (χ1v) is 11.9. The molecular formula is C22H27ClN2O4S. The highest BCUT2D eigenvalue weighted by Crippen LogP contribution is 2.27. The number of methoxy groups -OCH3 is 1. The van der Waals surface area contributed by atoms with Crippen LogP contribution in [0.15, 0.2) is 41.3 Å². The second kappa shape index (κ2) is 9.81. The molecule has 1 aliphatic rings. The fourth-order valence-electron chi connectivity index (χ4n) is 3.51. The first kappa shape index (κ1) is 22.6. The van der Waals surface area contributed by atoms with Crippen molar-refractivity contribution >= 4 is 33.2 Å². The van der Waals surface area contributed by atoms with Crippen molar-refractivity contribution < 1.29 is 17.9 Å². The summed E-state index contributed by atoms with van der Waals surface area (Å²) in [6.07, 6.45) is 3.37. The van der Waals surface area contributed by atoms with Crippen LogP contribution < -0.4 is 10.1 Å². The number of hydrogen-bond acceptors (Lipinski definition) is 4. The lowest BCUT2D eigenvalue weighted by Gasteiger charge is -2.26. The number of nitrogens with zero attached hydrogens (tertiary/aromatic N) is 1. The minimum atomic E-state index is -3.54. The molecule has 8 heteroatoms. The van der Waals surface area contributed by atoms with Crippen molar-refractivity contribution in [2.75, 3.05) is 25.5 Å². The Bertz CT molecular complexity index is 1020. The molecule has 0 atom stereocenters. The van der Waals surface area contributed by atoms with Crippen LogP contribution in [0.4, 0.5) is 5.69 Å². The Morgan fingerprint density at radius 3 is 2.53 bits per heavy atom. The zero-order valence-electron chi connectivity index (χ0n) is 17.3. The Labute approximate surface area is 183 Å². The third-order valence-corrected chi connectivity index (χ3v) is 7.58. The molecule has 0 bridgehead atoms. The fourth-order valence-corrected chi connectivity index (χ4v) is 5.26. The summed E-state index contributed by atoms with van der Waals surface area (Å²) in [6, 6.07) is 10.2. The minimum absolute atomic E-state index is 0.179. The van der Waals surface area contributed by atoms with Crippen LogP contribution in [0, 0.1) is 6.92 Å². The first-order chi connectivity index (χ1) is 14.3. The molecule has 0 aromatic heterocycles. The minimum Gasteiger partial charge on any atom is -0.496 e. The Morgan fingerprint density at radius 1 is 1.13 bits per heavy atom. The summed E-state index contributed by atoms with van der Waals surface area (Å²) in [5, 5.41) is 3.41. The molecule has 162 valence electrons. The molecule has 2 aromatic rings. The maximum absolute atomic E-state index is 13.0. The highest BCUT2D eigenvalue weighted by atomic mass is 35.5. The van der Waals surface area contributed by atoms with Crippen LogP contribution >= 0.6 is 11.6 Å². The van der Waals surface area contributed by atoms with E-state index >= 15 is 0 Å². The van der Waals surface area contributed by atoms with Crippen LogP contribution in [-0.4, -0.2) is 38.8 Å². The lowest BCUT2D eigenvalue weighted by molar-refractivity contribution is -0.116. The van der Waals surface area contributed by atoms with E-state index in [4.69, 9.17) is 16.3 Å². The molecule has 1 aliphatic heterocycles. The monoisotopic (exact) mass is 450 g/mol. The zero-order chi connectivity index (χ0) is 21.7. The second-order valence-electron chi connectivity index (χ2n) is 7.45. The molecule has 1 fully saturated rings. The molecule has 30 heavy (non-hydrogen) atoms. The van der Waals surface area contributed by atoms with Gasteiger partial charge in [-0.2, -0.15) is 4.31 Å². The van der Waals surface area contributed by atoms with E-state index in [1.165, 1.54) is 11.4 Å². The number of sulfonamides is 1. The van der Waals surface area contributed by atoms with Crippen molar-refractivity contribution in [3.63, 3.8) is 0 Å². The predicted octanol–water partition coefficient (Wildman–Crippen LogP) is 4.40. The van der Waals surface area contributed by atoms with Crippen molar-refractivity contribution in [2.24, 2.45) is 0 Å². The second-order valence-corrected chi connectivity index (χ2v) is 9.80. The summed E-state index contributed by atoms with van der Waals surface area (Å²) < 4.78 is 32.9. The molecule has 1 heterocycles. The largest absolute Gasteiger partial charge is 0.496 e. The van der Waals surface area contributed by atoms with E-state index in [2.05, 4.69) is 5.32 Å². The smallest absolute Gasteiger partial charge is 0.243 e. The average Bonchev–Trinajstić information content (AvgIpc) is 2.75. The quantitative estimate of drug-likeness (QED) is 0.678. The summed E-state index contributed by atoms with van der Waals surface area (Å²) in [7, 11) is -2.01. The van der Waals surface area contributed by atoms with E-state index in [0.29, 0.717) is 41.5 Å². The highest BCUT2D eigenvalue weighted by molar-refractivity contribution is 7.89. The lowest BCUT2D eigenvalue weighted by Crippen LogP contribution is -2.35. The number of hydrogen-bond donors (Lipinski definition) is 1. The van der Waals surface area contributed by atoms with Crippen molar-refractivity contribution in [2.45, 2.75) is 43.9 Å². The Balaban J connectivity index is 1.72. The average molecular weight is 451 g/mol. The van der Waals surface area contributed by atoms with E-state index in [1.807, 2.05) is 13.0 Å². The van der Waals surface area contributed by atoms with E-state index in [0.717, 1.165) is 24.8 Å². The molecular weight excluding hydrogens is 424 g/mol. The predicted molar refractivity (Wildman–Crippen MR) is 119 cm³/mol. The Hall–Kier alpha value is -2.09. The van der Waals surface area contributed by atoms with Crippen LogP contribution in [-0.2, 0) is 21.2 Å². The number of rotatable bonds is 7. The summed E-state index contributed by atoms with van der Waals surface area (Å²) >= 11 is 6.11. The van der Waals surface area contributed by atoms with E-state index in [1.54, 1.807) is 30.3 Å². The third kappa shape index (κ3) is 5.33. The van der Waals surface area contributed by atoms with Gasteiger partial charge in [0.05, 0.1) is 12.0 Å². The molecule has 1 amide bonds. The van der Waals surface area contributed by atoms with Gasteiger partial charge in [0.25, 0.3) is 0 Å². The number of nitrogens with one attached hydrogen (secondary N) is 1. The Morgan fingerprint density at radius 2 is 1.87 bits per heavy atom. The van der Waals surface area contributed by atoms with Gasteiger partial charge in [-0.15, -0.1) is 0 Å². The molecule has 0 saturated carbocycles. The number of carbonyl (C=O) groups is 1. The highest BCUT2D eigenvalue weighted by Gasteiger charge is 2.26. The van der Waals surface area contributed by atoms with E-state index in [9.17, 15) is 13.2 Å². The van der Waals surface area contributed by atoms with Crippen molar-refractivity contribution in [3.05, 3.63) is 52.5 Å². The van der Waals surface area contributed by atoms with Crippen molar-refractivity contribution in [1.29, 1.82) is 0 Å². The topological polar surface area (TPSA) is 75.7 Å². The molecule has 0 unspecified atom stereocenters. The van der Waals surface area contributed by atoms with Gasteiger partial charge in [0.1, 0.15) is 5.75 Å². The fraction of sp³-hybridized carbons (Fsp3) is 0.409. The summed E-state index contributed by atoms with van der Waals surface area (Å²) in [5.41, 5.74) is 2.25. The van der Waals surface area contributed by atoms with Gasteiger partial charge in [-0.1, -0.05) is 24.1 Å². The number of aryl methyl sites for hydroxylation is 2. The van der Waals surface area contributed by atoms with Crippen LogP contribution in [0.1, 0.15) is 36.8 Å². The first-order valence-electron chi connectivity index (χ1n) is 10.0. The third-order valence-electron chi connectivity index (χ3n) is 5.28. The zero-order valence-corrected chi connectivity index (χ0v) is 18.9. The summed E-state index contributed by atoms with van der Waals surface area (Å²) in [4.78, 5) is 12.6. The molecule has 1 N–H and O–H groups in total. The molecule has 1 saturated heterocycles. The maximum Gasteiger partial charge on any atom is 0.243 e. The molecule has 0 spiro atoms. The van der Waals surface area contributed by atoms with Gasteiger partial charge in [0.2, 0.25) is 15.9 Å². The normalized spacial score (nSPS) is 15.0. The maximum atomic E-state index is 13.0. The molecule has 3 rings (SSSR count). The van der Waals surface area contributed by atoms with Crippen LogP contribution in [0.3, 0.4) is 0 Å². The number of amides is 1. The number of benzene rings is 2. The standard InChI is InChI=1S/C22H27ClN2O4S/c1-16-6-8-18(15-20(16)23)24-22(26)11-7-17-14-19(9-10-21(17)29-2)30(27,28)25-12-4-3-5-13-25/h6,8-10,14-15H,3-5,7,11-13H2,1-2H3,(H,24,26). The number of ether oxygens (including phenoxy) is 1.